The third-order valence-electron chi connectivity index (χ3n) is 6.50. The molecule has 4 N–H and O–H groups in total. The lowest BCUT2D eigenvalue weighted by Crippen LogP contribution is -2.03. The number of phenolic OH excluding ortho intramolecular Hbond substituents is 1. The molecule has 4 aromatic rings. The largest absolute Gasteiger partial charge is 0.503 e. The Morgan fingerprint density at radius 3 is 2.74 bits per heavy atom. The summed E-state index contributed by atoms with van der Waals surface area (Å²) in [6.45, 7) is 5.01. The Kier molecular flexibility index (Phi) is 6.37. The van der Waals surface area contributed by atoms with Crippen LogP contribution in [-0.2, 0) is 6.42 Å². The number of nitrogens with two attached hydrogens (primary N) is 1. The van der Waals surface area contributed by atoms with E-state index in [9.17, 15) is 5.11 Å². The molecular weight excluding hydrogens is 458 g/mol. The summed E-state index contributed by atoms with van der Waals surface area (Å²) < 4.78 is 5.31. The second-order valence-electron chi connectivity index (χ2n) is 8.95. The first kappa shape index (κ1) is 23.2. The zero-order valence-corrected chi connectivity index (χ0v) is 20.4. The van der Waals surface area contributed by atoms with E-state index in [-0.39, 0.29) is 10.8 Å². The highest BCUT2D eigenvalue weighted by Gasteiger charge is 2.27. The summed E-state index contributed by atoms with van der Waals surface area (Å²) in [5.41, 5.74) is 13.7. The zero-order chi connectivity index (χ0) is 24.5. The highest BCUT2D eigenvalue weighted by molar-refractivity contribution is 6.32. The molecule has 1 heterocycles. The van der Waals surface area contributed by atoms with Gasteiger partial charge in [0.25, 0.3) is 0 Å². The molecule has 1 fully saturated rings. The van der Waals surface area contributed by atoms with Gasteiger partial charge in [0.05, 0.1) is 23.3 Å². The number of aromatic hydroxyl groups is 1. The first-order chi connectivity index (χ1) is 17.0. The van der Waals surface area contributed by atoms with Crippen LogP contribution in [0.5, 0.6) is 11.5 Å². The van der Waals surface area contributed by atoms with E-state index in [0.717, 1.165) is 63.8 Å². The van der Waals surface area contributed by atoms with E-state index < -0.39 is 0 Å². The topological polar surface area (TPSA) is 80.4 Å². The predicted molar refractivity (Wildman–Crippen MR) is 145 cm³/mol. The fourth-order valence-corrected chi connectivity index (χ4v) is 4.62. The summed E-state index contributed by atoms with van der Waals surface area (Å²) in [4.78, 5) is 4.75. The Morgan fingerprint density at radius 2 is 2.00 bits per heavy atom. The molecule has 6 heteroatoms. The molecule has 0 amide bonds. The third-order valence-corrected chi connectivity index (χ3v) is 6.78. The number of ether oxygens (including phenoxy) is 1. The average Bonchev–Trinajstić information content (AvgIpc) is 3.71. The van der Waals surface area contributed by atoms with Gasteiger partial charge in [0.2, 0.25) is 0 Å². The number of halogens is 1. The van der Waals surface area contributed by atoms with Gasteiger partial charge in [0, 0.05) is 22.8 Å². The Hall–Kier alpha value is -3.54. The number of allylic oxidation sites excluding steroid dienone is 1. The van der Waals surface area contributed by atoms with E-state index in [1.165, 1.54) is 12.7 Å². The van der Waals surface area contributed by atoms with E-state index in [1.807, 2.05) is 24.4 Å². The molecule has 0 atom stereocenters. The van der Waals surface area contributed by atoms with Gasteiger partial charge in [0.1, 0.15) is 0 Å². The van der Waals surface area contributed by atoms with Crippen LogP contribution in [0.2, 0.25) is 5.02 Å². The molecule has 5 nitrogen and oxygen atoms in total. The number of fused-ring (bicyclic) bond motifs is 1. The van der Waals surface area contributed by atoms with Gasteiger partial charge in [-0.15, -0.1) is 0 Å². The Balaban J connectivity index is 1.66. The third kappa shape index (κ3) is 4.70. The van der Waals surface area contributed by atoms with Gasteiger partial charge in [-0.3, -0.25) is 4.98 Å². The van der Waals surface area contributed by atoms with Crippen molar-refractivity contribution in [3.63, 3.8) is 0 Å². The molecule has 0 radical (unpaired) electrons. The van der Waals surface area contributed by atoms with Crippen molar-refractivity contribution in [2.45, 2.75) is 19.3 Å². The quantitative estimate of drug-likeness (QED) is 0.252. The molecule has 1 aromatic heterocycles. The number of nitrogens with one attached hydrogen (secondary N) is 1. The van der Waals surface area contributed by atoms with Gasteiger partial charge in [-0.2, -0.15) is 0 Å². The minimum atomic E-state index is -0.0666. The molecule has 1 aliphatic carbocycles. The molecule has 0 unspecified atom stereocenters. The maximum atomic E-state index is 10.2. The Morgan fingerprint density at radius 1 is 1.17 bits per heavy atom. The number of phenols is 1. The van der Waals surface area contributed by atoms with E-state index in [4.69, 9.17) is 27.1 Å². The number of hydrogen-bond donors (Lipinski definition) is 3. The normalized spacial score (nSPS) is 13.1. The van der Waals surface area contributed by atoms with Gasteiger partial charge in [-0.05, 0) is 90.4 Å². The SMILES string of the molecule is C=C(c1cnc2ccc(-c3cc(Cl)c(O)c(OC)c3)cc2c1Nc1cccc(CCN)c1)C1CC1. The molecule has 1 saturated carbocycles. The number of aromatic nitrogens is 1. The number of nitrogens with zero attached hydrogens (tertiary/aromatic N) is 1. The number of pyridine rings is 1. The first-order valence-electron chi connectivity index (χ1n) is 11.7. The molecular formula is C29H28ClN3O2. The average molecular weight is 486 g/mol. The van der Waals surface area contributed by atoms with Crippen molar-refractivity contribution in [3.05, 3.63) is 83.5 Å². The summed E-state index contributed by atoms with van der Waals surface area (Å²) in [5, 5.41) is 15.1. The summed E-state index contributed by atoms with van der Waals surface area (Å²) >= 11 is 6.28. The van der Waals surface area contributed by atoms with Crippen molar-refractivity contribution >= 4 is 39.5 Å². The number of rotatable bonds is 8. The lowest BCUT2D eigenvalue weighted by atomic mass is 9.97. The number of hydrogen-bond acceptors (Lipinski definition) is 5. The van der Waals surface area contributed by atoms with Crippen LogP contribution in [0.4, 0.5) is 11.4 Å². The fraction of sp³-hybridized carbons (Fsp3) is 0.207. The molecule has 5 rings (SSSR count). The number of methoxy groups -OCH3 is 1. The van der Waals surface area contributed by atoms with Gasteiger partial charge in [-0.25, -0.2) is 0 Å². The molecule has 0 spiro atoms. The summed E-state index contributed by atoms with van der Waals surface area (Å²) in [6.07, 6.45) is 5.07. The smallest absolute Gasteiger partial charge is 0.176 e. The van der Waals surface area contributed by atoms with Crippen LogP contribution >= 0.6 is 11.6 Å². The van der Waals surface area contributed by atoms with Crippen molar-refractivity contribution in [3.8, 4) is 22.6 Å². The maximum Gasteiger partial charge on any atom is 0.176 e. The minimum Gasteiger partial charge on any atom is -0.503 e. The first-order valence-corrected chi connectivity index (χ1v) is 12.1. The number of benzene rings is 3. The van der Waals surface area contributed by atoms with Crippen molar-refractivity contribution in [2.24, 2.45) is 11.7 Å². The molecule has 1 aliphatic rings. The van der Waals surface area contributed by atoms with Crippen LogP contribution in [0.3, 0.4) is 0 Å². The predicted octanol–water partition coefficient (Wildman–Crippen LogP) is 6.94. The maximum absolute atomic E-state index is 10.2. The van der Waals surface area contributed by atoms with Gasteiger partial charge < -0.3 is 20.9 Å². The van der Waals surface area contributed by atoms with Crippen LogP contribution in [-0.4, -0.2) is 23.7 Å². The highest BCUT2D eigenvalue weighted by atomic mass is 35.5. The lowest BCUT2D eigenvalue weighted by Gasteiger charge is -2.18. The van der Waals surface area contributed by atoms with Crippen molar-refractivity contribution in [1.82, 2.24) is 4.98 Å². The summed E-state index contributed by atoms with van der Waals surface area (Å²) in [7, 11) is 1.51. The van der Waals surface area contributed by atoms with E-state index in [2.05, 4.69) is 36.2 Å². The van der Waals surface area contributed by atoms with Gasteiger partial charge in [0.15, 0.2) is 11.5 Å². The second kappa shape index (κ2) is 9.61. The Labute approximate surface area is 210 Å². The standard InChI is InChI=1S/C29H28ClN3O2/c1-17(19-6-7-19)24-16-32-26-9-8-20(21-14-25(30)29(34)27(15-21)35-2)13-23(26)28(24)33-22-5-3-4-18(12-22)10-11-31/h3-5,8-9,12-16,19,34H,1,6-7,10-11,31H2,2H3,(H,32,33). The molecule has 3 aromatic carbocycles. The number of anilines is 2. The van der Waals surface area contributed by atoms with Crippen molar-refractivity contribution < 1.29 is 9.84 Å². The molecule has 0 saturated heterocycles. The zero-order valence-electron chi connectivity index (χ0n) is 19.6. The fourth-order valence-electron chi connectivity index (χ4n) is 4.41. The van der Waals surface area contributed by atoms with Crippen molar-refractivity contribution in [1.29, 1.82) is 0 Å². The second-order valence-corrected chi connectivity index (χ2v) is 9.36. The molecule has 0 aliphatic heterocycles. The van der Waals surface area contributed by atoms with Gasteiger partial charge >= 0.3 is 0 Å². The Bertz CT molecular complexity index is 1430. The van der Waals surface area contributed by atoms with Crippen LogP contribution in [0.25, 0.3) is 27.6 Å². The van der Waals surface area contributed by atoms with E-state index in [1.54, 1.807) is 12.1 Å². The summed E-state index contributed by atoms with van der Waals surface area (Å²) in [6, 6.07) is 17.9. The van der Waals surface area contributed by atoms with E-state index in [0.29, 0.717) is 18.2 Å². The van der Waals surface area contributed by atoms with Crippen LogP contribution in [0, 0.1) is 5.92 Å². The van der Waals surface area contributed by atoms with Gasteiger partial charge in [-0.1, -0.05) is 36.4 Å². The highest BCUT2D eigenvalue weighted by Crippen LogP contribution is 2.45. The lowest BCUT2D eigenvalue weighted by molar-refractivity contribution is 0.374. The molecule has 0 bridgehead atoms. The molecule has 178 valence electrons. The van der Waals surface area contributed by atoms with Crippen LogP contribution in [0.15, 0.2) is 67.4 Å². The molecule has 35 heavy (non-hydrogen) atoms. The summed E-state index contributed by atoms with van der Waals surface area (Å²) in [5.74, 6) is 0.765. The van der Waals surface area contributed by atoms with Crippen molar-refractivity contribution in [2.75, 3.05) is 19.0 Å². The van der Waals surface area contributed by atoms with Crippen LogP contribution < -0.4 is 15.8 Å². The van der Waals surface area contributed by atoms with Crippen LogP contribution in [0.1, 0.15) is 24.0 Å². The van der Waals surface area contributed by atoms with E-state index >= 15 is 0 Å². The minimum absolute atomic E-state index is 0.0666. The monoisotopic (exact) mass is 485 g/mol.